The van der Waals surface area contributed by atoms with Gasteiger partial charge in [0.1, 0.15) is 5.69 Å². The number of hydrogen-bond donors (Lipinski definition) is 0. The lowest BCUT2D eigenvalue weighted by atomic mass is 10.0. The monoisotopic (exact) mass is 245 g/mol. The average Bonchev–Trinajstić information content (AvgIpc) is 2.51. The van der Waals surface area contributed by atoms with E-state index >= 15 is 0 Å². The number of carbonyl (C=O) groups is 1. The highest BCUT2D eigenvalue weighted by Crippen LogP contribution is 2.25. The van der Waals surface area contributed by atoms with Gasteiger partial charge in [-0.2, -0.15) is 0 Å². The van der Waals surface area contributed by atoms with Crippen molar-refractivity contribution in [3.05, 3.63) is 64.5 Å². The minimum atomic E-state index is -0.999. The first kappa shape index (κ1) is 11.0. The van der Waals surface area contributed by atoms with Crippen LogP contribution in [0.25, 0.3) is 0 Å². The first-order valence-electron chi connectivity index (χ1n) is 5.63. The summed E-state index contributed by atoms with van der Waals surface area (Å²) in [6.07, 6.45) is 2.64. The van der Waals surface area contributed by atoms with E-state index in [1.54, 1.807) is 6.07 Å². The van der Waals surface area contributed by atoms with Gasteiger partial charge in [-0.1, -0.05) is 6.07 Å². The summed E-state index contributed by atoms with van der Waals surface area (Å²) >= 11 is 0. The summed E-state index contributed by atoms with van der Waals surface area (Å²) in [5.41, 5.74) is 1.91. The van der Waals surface area contributed by atoms with E-state index in [0.29, 0.717) is 24.1 Å². The Kier molecular flexibility index (Phi) is 2.44. The van der Waals surface area contributed by atoms with Crippen molar-refractivity contribution in [3.63, 3.8) is 0 Å². The van der Waals surface area contributed by atoms with Crippen LogP contribution in [0.4, 0.5) is 8.78 Å². The highest BCUT2D eigenvalue weighted by molar-refractivity contribution is 6.10. The number of carbonyl (C=O) groups excluding carboxylic acids is 1. The topological polar surface area (TPSA) is 30.0 Å². The summed E-state index contributed by atoms with van der Waals surface area (Å²) < 4.78 is 26.4. The molecule has 0 N–H and O–H groups in total. The van der Waals surface area contributed by atoms with Gasteiger partial charge in [0.15, 0.2) is 11.6 Å². The smallest absolute Gasteiger partial charge is 0.212 e. The number of hydrogen-bond acceptors (Lipinski definition) is 2. The summed E-state index contributed by atoms with van der Waals surface area (Å²) in [4.78, 5) is 16.3. The molecule has 0 spiro atoms. The summed E-state index contributed by atoms with van der Waals surface area (Å²) in [6, 6.07) is 5.65. The van der Waals surface area contributed by atoms with Gasteiger partial charge in [-0.3, -0.25) is 9.78 Å². The third-order valence-corrected chi connectivity index (χ3v) is 3.16. The van der Waals surface area contributed by atoms with Gasteiger partial charge >= 0.3 is 0 Å². The molecule has 0 saturated carbocycles. The standard InChI is InChI=1S/C14H9F2NO/c15-11-6-9-4-3-8-2-1-5-17-13(8)14(18)10(9)7-12(11)16/h1-2,5-7H,3-4H2. The number of aryl methyl sites for hydroxylation is 2. The molecule has 1 aliphatic rings. The van der Waals surface area contributed by atoms with Crippen LogP contribution in [0.3, 0.4) is 0 Å². The first-order chi connectivity index (χ1) is 8.66. The Morgan fingerprint density at radius 1 is 1.06 bits per heavy atom. The summed E-state index contributed by atoms with van der Waals surface area (Å²) in [6.45, 7) is 0. The second-order valence-corrected chi connectivity index (χ2v) is 4.26. The first-order valence-corrected chi connectivity index (χ1v) is 5.63. The molecule has 0 bridgehead atoms. The molecular weight excluding hydrogens is 236 g/mol. The Labute approximate surface area is 102 Å². The molecule has 1 aromatic heterocycles. The molecule has 0 fully saturated rings. The van der Waals surface area contributed by atoms with E-state index in [9.17, 15) is 13.6 Å². The molecular formula is C14H9F2NO. The molecule has 2 aromatic rings. The minimum absolute atomic E-state index is 0.214. The molecule has 1 aliphatic carbocycles. The summed E-state index contributed by atoms with van der Waals surface area (Å²) in [5.74, 6) is -2.25. The molecule has 0 amide bonds. The zero-order chi connectivity index (χ0) is 12.7. The van der Waals surface area contributed by atoms with Gasteiger partial charge in [0.25, 0.3) is 0 Å². The van der Waals surface area contributed by atoms with E-state index in [2.05, 4.69) is 4.98 Å². The van der Waals surface area contributed by atoms with E-state index in [4.69, 9.17) is 0 Å². The number of fused-ring (bicyclic) bond motifs is 2. The maximum atomic E-state index is 13.2. The van der Waals surface area contributed by atoms with Gasteiger partial charge in [0.05, 0.1) is 0 Å². The van der Waals surface area contributed by atoms with Crippen molar-refractivity contribution in [3.8, 4) is 0 Å². The van der Waals surface area contributed by atoms with Gasteiger partial charge in [-0.05, 0) is 42.2 Å². The lowest BCUT2D eigenvalue weighted by Crippen LogP contribution is -2.07. The van der Waals surface area contributed by atoms with Crippen LogP contribution >= 0.6 is 0 Å². The number of aromatic nitrogens is 1. The summed E-state index contributed by atoms with van der Waals surface area (Å²) in [7, 11) is 0. The van der Waals surface area contributed by atoms with Crippen LogP contribution in [0, 0.1) is 11.6 Å². The van der Waals surface area contributed by atoms with Gasteiger partial charge in [-0.15, -0.1) is 0 Å². The fourth-order valence-electron chi connectivity index (χ4n) is 2.25. The highest BCUT2D eigenvalue weighted by Gasteiger charge is 2.23. The fraction of sp³-hybridized carbons (Fsp3) is 0.143. The van der Waals surface area contributed by atoms with Crippen molar-refractivity contribution in [2.75, 3.05) is 0 Å². The van der Waals surface area contributed by atoms with Crippen LogP contribution in [0.15, 0.2) is 30.5 Å². The normalized spacial score (nSPS) is 13.8. The van der Waals surface area contributed by atoms with Gasteiger partial charge < -0.3 is 0 Å². The van der Waals surface area contributed by atoms with Crippen LogP contribution in [0.5, 0.6) is 0 Å². The zero-order valence-corrected chi connectivity index (χ0v) is 9.41. The zero-order valence-electron chi connectivity index (χ0n) is 9.41. The maximum absolute atomic E-state index is 13.2. The van der Waals surface area contributed by atoms with Crippen LogP contribution in [0.2, 0.25) is 0 Å². The molecule has 0 aliphatic heterocycles. The van der Waals surface area contributed by atoms with Crippen molar-refractivity contribution in [1.29, 1.82) is 0 Å². The Morgan fingerprint density at radius 3 is 2.61 bits per heavy atom. The molecule has 3 rings (SSSR count). The van der Waals surface area contributed by atoms with E-state index in [1.807, 2.05) is 6.07 Å². The molecule has 90 valence electrons. The van der Waals surface area contributed by atoms with Crippen molar-refractivity contribution < 1.29 is 13.6 Å². The van der Waals surface area contributed by atoms with E-state index in [-0.39, 0.29) is 11.3 Å². The molecule has 0 unspecified atom stereocenters. The Hall–Kier alpha value is -2.10. The number of halogens is 2. The highest BCUT2D eigenvalue weighted by atomic mass is 19.2. The number of benzene rings is 1. The van der Waals surface area contributed by atoms with E-state index in [1.165, 1.54) is 6.20 Å². The van der Waals surface area contributed by atoms with Crippen molar-refractivity contribution >= 4 is 5.78 Å². The number of pyridine rings is 1. The lowest BCUT2D eigenvalue weighted by molar-refractivity contribution is 0.103. The molecule has 18 heavy (non-hydrogen) atoms. The van der Waals surface area contributed by atoms with Crippen LogP contribution in [0.1, 0.15) is 27.2 Å². The number of nitrogens with zero attached hydrogens (tertiary/aromatic N) is 1. The van der Waals surface area contributed by atoms with Crippen LogP contribution in [-0.4, -0.2) is 10.8 Å². The van der Waals surface area contributed by atoms with Crippen LogP contribution in [-0.2, 0) is 12.8 Å². The van der Waals surface area contributed by atoms with Crippen LogP contribution < -0.4 is 0 Å². The third kappa shape index (κ3) is 1.61. The molecule has 0 radical (unpaired) electrons. The predicted molar refractivity (Wildman–Crippen MR) is 61.4 cm³/mol. The van der Waals surface area contributed by atoms with Gasteiger partial charge in [0.2, 0.25) is 5.78 Å². The molecule has 0 saturated heterocycles. The van der Waals surface area contributed by atoms with E-state index in [0.717, 1.165) is 17.7 Å². The number of ketones is 1. The molecule has 0 atom stereocenters. The van der Waals surface area contributed by atoms with Gasteiger partial charge in [0, 0.05) is 11.8 Å². The second-order valence-electron chi connectivity index (χ2n) is 4.26. The molecule has 2 nitrogen and oxygen atoms in total. The lowest BCUT2D eigenvalue weighted by Gasteiger charge is -2.05. The van der Waals surface area contributed by atoms with Crippen molar-refractivity contribution in [1.82, 2.24) is 4.98 Å². The second kappa shape index (κ2) is 3.98. The Bertz CT molecular complexity index is 652. The molecule has 4 heteroatoms. The average molecular weight is 245 g/mol. The van der Waals surface area contributed by atoms with Crippen molar-refractivity contribution in [2.45, 2.75) is 12.8 Å². The summed E-state index contributed by atoms with van der Waals surface area (Å²) in [5, 5.41) is 0. The third-order valence-electron chi connectivity index (χ3n) is 3.16. The quantitative estimate of drug-likeness (QED) is 0.714. The Morgan fingerprint density at radius 2 is 1.78 bits per heavy atom. The van der Waals surface area contributed by atoms with Gasteiger partial charge in [-0.25, -0.2) is 8.78 Å². The largest absolute Gasteiger partial charge is 0.287 e. The Balaban J connectivity index is 2.22. The van der Waals surface area contributed by atoms with E-state index < -0.39 is 11.6 Å². The van der Waals surface area contributed by atoms with Crippen molar-refractivity contribution in [2.24, 2.45) is 0 Å². The molecule has 1 aromatic carbocycles. The minimum Gasteiger partial charge on any atom is -0.287 e. The SMILES string of the molecule is O=C1c2cc(F)c(F)cc2CCc2cccnc21. The number of rotatable bonds is 0. The maximum Gasteiger partial charge on any atom is 0.212 e. The predicted octanol–water partition coefficient (Wildman–Crippen LogP) is 2.69. The molecule has 1 heterocycles. The fourth-order valence-corrected chi connectivity index (χ4v) is 2.25.